The van der Waals surface area contributed by atoms with E-state index in [9.17, 15) is 4.79 Å². The van der Waals surface area contributed by atoms with Gasteiger partial charge in [0.2, 0.25) is 5.91 Å². The predicted octanol–water partition coefficient (Wildman–Crippen LogP) is 1.84. The maximum absolute atomic E-state index is 11.5. The average molecular weight is 182 g/mol. The van der Waals surface area contributed by atoms with E-state index < -0.39 is 5.41 Å². The highest BCUT2D eigenvalue weighted by Crippen LogP contribution is 2.16. The molecule has 0 atom stereocenters. The molecule has 74 valence electrons. The fourth-order valence-corrected chi connectivity index (χ4v) is 0.603. The Balaban J connectivity index is 4.43. The molecule has 0 aromatic carbocycles. The Labute approximate surface area is 80.1 Å². The van der Waals surface area contributed by atoms with Crippen LogP contribution in [0.1, 0.15) is 41.0 Å². The highest BCUT2D eigenvalue weighted by Gasteiger charge is 2.30. The molecule has 13 heavy (non-hydrogen) atoms. The van der Waals surface area contributed by atoms with Crippen LogP contribution in [0.2, 0.25) is 0 Å². The van der Waals surface area contributed by atoms with E-state index in [0.717, 1.165) is 6.42 Å². The molecule has 1 amide bonds. The number of nitriles is 1. The first kappa shape index (κ1) is 12.0. The summed E-state index contributed by atoms with van der Waals surface area (Å²) in [6, 6.07) is 1.98. The second-order valence-electron chi connectivity index (χ2n) is 4.43. The van der Waals surface area contributed by atoms with Gasteiger partial charge >= 0.3 is 0 Å². The average Bonchev–Trinajstić information content (AvgIpc) is 2.04. The lowest BCUT2D eigenvalue weighted by atomic mass is 9.92. The first-order valence-corrected chi connectivity index (χ1v) is 4.49. The Morgan fingerprint density at radius 1 is 1.38 bits per heavy atom. The van der Waals surface area contributed by atoms with Crippen LogP contribution in [0.4, 0.5) is 0 Å². The van der Waals surface area contributed by atoms with E-state index in [4.69, 9.17) is 5.26 Å². The summed E-state index contributed by atoms with van der Waals surface area (Å²) in [5, 5.41) is 11.6. The van der Waals surface area contributed by atoms with Gasteiger partial charge in [-0.2, -0.15) is 5.26 Å². The molecule has 0 unspecified atom stereocenters. The number of hydrogen-bond donors (Lipinski definition) is 1. The van der Waals surface area contributed by atoms with Crippen molar-refractivity contribution in [1.82, 2.24) is 5.32 Å². The van der Waals surface area contributed by atoms with Crippen molar-refractivity contribution in [3.8, 4) is 6.07 Å². The van der Waals surface area contributed by atoms with Gasteiger partial charge in [-0.25, -0.2) is 0 Å². The summed E-state index contributed by atoms with van der Waals surface area (Å²) in [6.45, 7) is 9.12. The first-order valence-electron chi connectivity index (χ1n) is 4.49. The molecule has 3 heteroatoms. The number of hydrogen-bond acceptors (Lipinski definition) is 2. The van der Waals surface area contributed by atoms with Crippen LogP contribution >= 0.6 is 0 Å². The van der Waals surface area contributed by atoms with Crippen LogP contribution in [-0.2, 0) is 4.79 Å². The highest BCUT2D eigenvalue weighted by atomic mass is 16.2. The van der Waals surface area contributed by atoms with E-state index in [1.807, 2.05) is 26.8 Å². The third-order valence-electron chi connectivity index (χ3n) is 2.18. The van der Waals surface area contributed by atoms with E-state index in [2.05, 4.69) is 5.32 Å². The molecule has 0 fully saturated rings. The number of carbonyl (C=O) groups excluding carboxylic acids is 1. The zero-order valence-electron chi connectivity index (χ0n) is 9.06. The highest BCUT2D eigenvalue weighted by molar-refractivity contribution is 5.85. The topological polar surface area (TPSA) is 52.9 Å². The molecular weight excluding hydrogens is 164 g/mol. The molecule has 0 aliphatic rings. The van der Waals surface area contributed by atoms with Gasteiger partial charge in [0.05, 0.1) is 6.07 Å². The summed E-state index contributed by atoms with van der Waals surface area (Å²) in [6.07, 6.45) is 0.847. The van der Waals surface area contributed by atoms with Gasteiger partial charge in [0.1, 0.15) is 5.41 Å². The molecule has 0 radical (unpaired) electrons. The molecule has 3 nitrogen and oxygen atoms in total. The van der Waals surface area contributed by atoms with Crippen LogP contribution in [0.3, 0.4) is 0 Å². The molecule has 1 N–H and O–H groups in total. The van der Waals surface area contributed by atoms with Crippen molar-refractivity contribution < 1.29 is 4.79 Å². The summed E-state index contributed by atoms with van der Waals surface area (Å²) in [5.74, 6) is -0.207. The number of amides is 1. The zero-order valence-corrected chi connectivity index (χ0v) is 9.06. The van der Waals surface area contributed by atoms with Crippen LogP contribution in [0.5, 0.6) is 0 Å². The van der Waals surface area contributed by atoms with E-state index in [-0.39, 0.29) is 11.4 Å². The fraction of sp³-hybridized carbons (Fsp3) is 0.800. The summed E-state index contributed by atoms with van der Waals surface area (Å²) in [7, 11) is 0. The molecule has 0 bridgehead atoms. The second kappa shape index (κ2) is 3.78. The van der Waals surface area contributed by atoms with Crippen LogP contribution in [0, 0.1) is 16.7 Å². The molecule has 0 spiro atoms. The zero-order chi connectivity index (χ0) is 10.7. The van der Waals surface area contributed by atoms with Gasteiger partial charge in [-0.3, -0.25) is 4.79 Å². The largest absolute Gasteiger partial charge is 0.350 e. The Bertz CT molecular complexity index is 236. The van der Waals surface area contributed by atoms with Crippen LogP contribution in [-0.4, -0.2) is 11.4 Å². The summed E-state index contributed by atoms with van der Waals surface area (Å²) >= 11 is 0. The van der Waals surface area contributed by atoms with Crippen LogP contribution < -0.4 is 5.32 Å². The van der Waals surface area contributed by atoms with Crippen molar-refractivity contribution in [3.05, 3.63) is 0 Å². The van der Waals surface area contributed by atoms with Crippen LogP contribution in [0.25, 0.3) is 0 Å². The molecule has 0 aliphatic heterocycles. The Hall–Kier alpha value is -1.04. The molecule has 0 aromatic rings. The number of rotatable bonds is 3. The molecule has 0 saturated heterocycles. The van der Waals surface area contributed by atoms with Gasteiger partial charge in [-0.05, 0) is 34.1 Å². The van der Waals surface area contributed by atoms with E-state index in [1.165, 1.54) is 0 Å². The SMILES string of the molecule is CCC(C)(C)NC(=O)C(C)(C)C#N. The maximum atomic E-state index is 11.5. The normalized spacial score (nSPS) is 12.0. The monoisotopic (exact) mass is 182 g/mol. The minimum absolute atomic E-state index is 0.207. The Morgan fingerprint density at radius 2 is 1.85 bits per heavy atom. The van der Waals surface area contributed by atoms with Gasteiger partial charge in [0.25, 0.3) is 0 Å². The summed E-state index contributed by atoms with van der Waals surface area (Å²) in [5.41, 5.74) is -1.17. The van der Waals surface area contributed by atoms with Gasteiger partial charge < -0.3 is 5.32 Å². The molecule has 0 heterocycles. The van der Waals surface area contributed by atoms with Crippen molar-refractivity contribution in [2.24, 2.45) is 5.41 Å². The van der Waals surface area contributed by atoms with Crippen molar-refractivity contribution in [3.63, 3.8) is 0 Å². The lowest BCUT2D eigenvalue weighted by molar-refractivity contribution is -0.128. The number of carbonyl (C=O) groups is 1. The molecule has 0 rings (SSSR count). The minimum atomic E-state index is -0.938. The third-order valence-corrected chi connectivity index (χ3v) is 2.18. The summed E-state index contributed by atoms with van der Waals surface area (Å²) < 4.78 is 0. The van der Waals surface area contributed by atoms with Crippen molar-refractivity contribution in [2.75, 3.05) is 0 Å². The predicted molar refractivity (Wildman–Crippen MR) is 51.9 cm³/mol. The van der Waals surface area contributed by atoms with Gasteiger partial charge in [0, 0.05) is 5.54 Å². The van der Waals surface area contributed by atoms with Crippen molar-refractivity contribution in [2.45, 2.75) is 46.6 Å². The molecule has 0 aromatic heterocycles. The lowest BCUT2D eigenvalue weighted by Crippen LogP contribution is -2.48. The minimum Gasteiger partial charge on any atom is -0.350 e. The van der Waals surface area contributed by atoms with Gasteiger partial charge in [-0.1, -0.05) is 6.92 Å². The Kier molecular flexibility index (Phi) is 3.48. The van der Waals surface area contributed by atoms with Crippen molar-refractivity contribution >= 4 is 5.91 Å². The first-order chi connectivity index (χ1) is 5.75. The standard InChI is InChI=1S/C10H18N2O/c1-6-10(4,5)12-8(13)9(2,3)7-11/h6H2,1-5H3,(H,12,13). The van der Waals surface area contributed by atoms with E-state index >= 15 is 0 Å². The molecular formula is C10H18N2O. The molecule has 0 aliphatic carbocycles. The second-order valence-corrected chi connectivity index (χ2v) is 4.43. The van der Waals surface area contributed by atoms with Gasteiger partial charge in [0.15, 0.2) is 0 Å². The number of nitrogens with one attached hydrogen (secondary N) is 1. The quantitative estimate of drug-likeness (QED) is 0.724. The Morgan fingerprint density at radius 3 is 2.15 bits per heavy atom. The number of nitrogens with zero attached hydrogens (tertiary/aromatic N) is 1. The fourth-order valence-electron chi connectivity index (χ4n) is 0.603. The maximum Gasteiger partial charge on any atom is 0.240 e. The third kappa shape index (κ3) is 3.45. The molecule has 0 saturated carbocycles. The van der Waals surface area contributed by atoms with Crippen molar-refractivity contribution in [1.29, 1.82) is 5.26 Å². The van der Waals surface area contributed by atoms with Gasteiger partial charge in [-0.15, -0.1) is 0 Å². The summed E-state index contributed by atoms with van der Waals surface area (Å²) in [4.78, 5) is 11.5. The van der Waals surface area contributed by atoms with Crippen LogP contribution in [0.15, 0.2) is 0 Å². The van der Waals surface area contributed by atoms with E-state index in [1.54, 1.807) is 13.8 Å². The lowest BCUT2D eigenvalue weighted by Gasteiger charge is -2.27. The van der Waals surface area contributed by atoms with E-state index in [0.29, 0.717) is 0 Å². The smallest absolute Gasteiger partial charge is 0.240 e.